The predicted molar refractivity (Wildman–Crippen MR) is 25.9 cm³/mol. The first kappa shape index (κ1) is 15.7. The van der Waals surface area contributed by atoms with Gasteiger partial charge in [-0.25, -0.2) is 0 Å². The SMILES string of the molecule is I.O=S(=O)([O-])[O-].[Co+2]. The Labute approximate surface area is 68.5 Å². The molecule has 0 spiro atoms. The summed E-state index contributed by atoms with van der Waals surface area (Å²) in [5.41, 5.74) is 0. The minimum Gasteiger partial charge on any atom is -0.759 e. The molecule has 0 unspecified atom stereocenters. The van der Waals surface area contributed by atoms with Crippen molar-refractivity contribution < 1.29 is 34.3 Å². The minimum absolute atomic E-state index is 0. The third-order valence-electron chi connectivity index (χ3n) is 0. The van der Waals surface area contributed by atoms with Crippen LogP contribution in [0.5, 0.6) is 0 Å². The zero-order valence-corrected chi connectivity index (χ0v) is 6.97. The van der Waals surface area contributed by atoms with Crippen LogP contribution in [0.4, 0.5) is 0 Å². The summed E-state index contributed by atoms with van der Waals surface area (Å²) in [6, 6.07) is 0. The second-order valence-electron chi connectivity index (χ2n) is 0.408. The van der Waals surface area contributed by atoms with Crippen molar-refractivity contribution >= 4 is 34.4 Å². The van der Waals surface area contributed by atoms with Gasteiger partial charge in [-0.05, 0) is 0 Å². The van der Waals surface area contributed by atoms with Crippen molar-refractivity contribution in [3.05, 3.63) is 0 Å². The Hall–Kier alpha value is 1.11. The van der Waals surface area contributed by atoms with Crippen molar-refractivity contribution in [3.8, 4) is 0 Å². The quantitative estimate of drug-likeness (QED) is 0.334. The topological polar surface area (TPSA) is 80.3 Å². The Balaban J connectivity index is -0.0000000800. The van der Waals surface area contributed by atoms with E-state index in [4.69, 9.17) is 17.5 Å². The summed E-state index contributed by atoms with van der Waals surface area (Å²) in [7, 11) is -5.17. The molecule has 0 aromatic rings. The maximum absolute atomic E-state index is 8.52. The largest absolute Gasteiger partial charge is 2.00 e. The molecule has 0 amide bonds. The number of halogens is 1. The van der Waals surface area contributed by atoms with Gasteiger partial charge >= 0.3 is 16.8 Å². The molecule has 0 saturated carbocycles. The van der Waals surface area contributed by atoms with Gasteiger partial charge in [0.2, 0.25) is 0 Å². The molecule has 7 heavy (non-hydrogen) atoms. The maximum atomic E-state index is 8.52. The maximum Gasteiger partial charge on any atom is 2.00 e. The zero-order valence-electron chi connectivity index (χ0n) is 2.78. The Morgan fingerprint density at radius 2 is 1.14 bits per heavy atom. The van der Waals surface area contributed by atoms with Crippen LogP contribution in [0.1, 0.15) is 0 Å². The summed E-state index contributed by atoms with van der Waals surface area (Å²) in [6.07, 6.45) is 0. The molecule has 0 aliphatic carbocycles. The summed E-state index contributed by atoms with van der Waals surface area (Å²) in [6.45, 7) is 0. The van der Waals surface area contributed by atoms with Gasteiger partial charge in [0.15, 0.2) is 0 Å². The third-order valence-corrected chi connectivity index (χ3v) is 0. The van der Waals surface area contributed by atoms with E-state index < -0.39 is 10.4 Å². The summed E-state index contributed by atoms with van der Waals surface area (Å²) in [5.74, 6) is 0. The normalized spacial score (nSPS) is 8.29. The van der Waals surface area contributed by atoms with Gasteiger partial charge in [-0.1, -0.05) is 0 Å². The zero-order chi connectivity index (χ0) is 4.50. The van der Waals surface area contributed by atoms with Crippen LogP contribution in [0, 0.1) is 0 Å². The molecule has 7 heteroatoms. The smallest absolute Gasteiger partial charge is 0.759 e. The molecule has 0 aliphatic rings. The summed E-state index contributed by atoms with van der Waals surface area (Å²) < 4.78 is 34.1. The van der Waals surface area contributed by atoms with Crippen LogP contribution in [0.2, 0.25) is 0 Å². The van der Waals surface area contributed by atoms with Gasteiger partial charge in [0, 0.05) is 10.4 Å². The van der Waals surface area contributed by atoms with Crippen molar-refractivity contribution in [1.29, 1.82) is 0 Å². The molecule has 0 aromatic heterocycles. The minimum atomic E-state index is -5.17. The molecule has 0 N–H and O–H groups in total. The van der Waals surface area contributed by atoms with Crippen LogP contribution in [-0.4, -0.2) is 17.5 Å². The molecular weight excluding hydrogens is 282 g/mol. The number of hydrogen-bond acceptors (Lipinski definition) is 4. The van der Waals surface area contributed by atoms with Gasteiger partial charge in [0.25, 0.3) is 0 Å². The summed E-state index contributed by atoms with van der Waals surface area (Å²) >= 11 is 0. The van der Waals surface area contributed by atoms with Crippen molar-refractivity contribution in [2.75, 3.05) is 0 Å². The van der Waals surface area contributed by atoms with Crippen LogP contribution < -0.4 is 0 Å². The van der Waals surface area contributed by atoms with E-state index in [2.05, 4.69) is 0 Å². The van der Waals surface area contributed by atoms with Crippen LogP contribution in [0.15, 0.2) is 0 Å². The van der Waals surface area contributed by atoms with E-state index >= 15 is 0 Å². The molecule has 1 radical (unpaired) electrons. The van der Waals surface area contributed by atoms with E-state index in [-0.39, 0.29) is 40.8 Å². The van der Waals surface area contributed by atoms with Crippen LogP contribution >= 0.6 is 24.0 Å². The molecule has 0 rings (SSSR count). The fourth-order valence-corrected chi connectivity index (χ4v) is 0. The van der Waals surface area contributed by atoms with Crippen LogP contribution in [0.25, 0.3) is 0 Å². The van der Waals surface area contributed by atoms with Crippen LogP contribution in [0.3, 0.4) is 0 Å². The van der Waals surface area contributed by atoms with Crippen molar-refractivity contribution in [1.82, 2.24) is 0 Å². The molecule has 0 aromatic carbocycles. The van der Waals surface area contributed by atoms with Gasteiger partial charge < -0.3 is 9.11 Å². The average molecular weight is 283 g/mol. The van der Waals surface area contributed by atoms with E-state index in [0.29, 0.717) is 0 Å². The van der Waals surface area contributed by atoms with Crippen molar-refractivity contribution in [2.24, 2.45) is 0 Å². The molecule has 4 nitrogen and oxygen atoms in total. The Bertz CT molecular complexity index is 94.9. The van der Waals surface area contributed by atoms with Crippen molar-refractivity contribution in [3.63, 3.8) is 0 Å². The molecule has 0 atom stereocenters. The molecule has 47 valence electrons. The second kappa shape index (κ2) is 5.25. The first-order valence-corrected chi connectivity index (χ1v) is 2.00. The monoisotopic (exact) mass is 283 g/mol. The molecular formula is HCoIO4S. The van der Waals surface area contributed by atoms with Gasteiger partial charge in [-0.15, -0.1) is 24.0 Å². The predicted octanol–water partition coefficient (Wildman–Crippen LogP) is -0.722. The Morgan fingerprint density at radius 3 is 1.14 bits per heavy atom. The summed E-state index contributed by atoms with van der Waals surface area (Å²) in [5, 5.41) is 0. The number of rotatable bonds is 0. The fourth-order valence-electron chi connectivity index (χ4n) is 0. The fraction of sp³-hybridized carbons (Fsp3) is 0. The van der Waals surface area contributed by atoms with Gasteiger partial charge in [-0.2, -0.15) is 0 Å². The molecule has 0 fully saturated rings. The summed E-state index contributed by atoms with van der Waals surface area (Å²) in [4.78, 5) is 0. The van der Waals surface area contributed by atoms with E-state index in [9.17, 15) is 0 Å². The van der Waals surface area contributed by atoms with Gasteiger partial charge in [-0.3, -0.25) is 8.42 Å². The molecule has 0 bridgehead atoms. The standard InChI is InChI=1S/Co.HI.H2O4S/c;;1-5(2,3)4/h;1H;(H2,1,2,3,4)/q+2;;/p-2. The third kappa shape index (κ3) is 151. The Morgan fingerprint density at radius 1 is 1.14 bits per heavy atom. The second-order valence-corrected chi connectivity index (χ2v) is 1.22. The molecule has 0 aliphatic heterocycles. The van der Waals surface area contributed by atoms with Gasteiger partial charge in [0.05, 0.1) is 0 Å². The number of hydrogen-bond donors (Lipinski definition) is 0. The van der Waals surface area contributed by atoms with E-state index in [1.807, 2.05) is 0 Å². The molecule has 0 heterocycles. The molecule has 0 saturated heterocycles. The van der Waals surface area contributed by atoms with E-state index in [1.165, 1.54) is 0 Å². The first-order chi connectivity index (χ1) is 2.00. The van der Waals surface area contributed by atoms with Crippen molar-refractivity contribution in [2.45, 2.75) is 0 Å². The van der Waals surface area contributed by atoms with E-state index in [0.717, 1.165) is 0 Å². The first-order valence-electron chi connectivity index (χ1n) is 0.667. The van der Waals surface area contributed by atoms with Crippen LogP contribution in [-0.2, 0) is 27.2 Å². The Kier molecular flexibility index (Phi) is 11.8. The average Bonchev–Trinajstić information content (AvgIpc) is 0.722. The van der Waals surface area contributed by atoms with E-state index in [1.54, 1.807) is 0 Å². The van der Waals surface area contributed by atoms with Gasteiger partial charge in [0.1, 0.15) is 0 Å².